The van der Waals surface area contributed by atoms with Crippen LogP contribution in [0, 0.1) is 0 Å². The first-order valence-corrected chi connectivity index (χ1v) is 7.04. The third-order valence-electron chi connectivity index (χ3n) is 1.58. The van der Waals surface area contributed by atoms with Crippen LogP contribution in [-0.2, 0) is 16.3 Å². The second kappa shape index (κ2) is 6.12. The molecule has 0 aromatic heterocycles. The molecule has 0 atom stereocenters. The Morgan fingerprint density at radius 2 is 2.07 bits per heavy atom. The van der Waals surface area contributed by atoms with Gasteiger partial charge < -0.3 is 25.4 Å². The summed E-state index contributed by atoms with van der Waals surface area (Å²) in [6.07, 6.45) is 0.871. The zero-order chi connectivity index (χ0) is 11.2. The van der Waals surface area contributed by atoms with E-state index in [1.54, 1.807) is 0 Å². The number of nitrogens with one attached hydrogen (secondary N) is 1. The van der Waals surface area contributed by atoms with Gasteiger partial charge in [-0.05, 0) is 45.2 Å². The van der Waals surface area contributed by atoms with Crippen LogP contribution in [0.3, 0.4) is 0 Å². The standard InChI is InChI=1S/C7H19N2O3PS/c1-7(2,9-5-3-4-8)6-12-13(10,11)14/h9H,3-6,8H2,1-2H3,(H2,10,11,14). The molecule has 0 bridgehead atoms. The summed E-state index contributed by atoms with van der Waals surface area (Å²) < 4.78 is 4.77. The molecule has 0 saturated carbocycles. The summed E-state index contributed by atoms with van der Waals surface area (Å²) in [5.74, 6) is 0. The van der Waals surface area contributed by atoms with Crippen LogP contribution in [0.4, 0.5) is 0 Å². The Morgan fingerprint density at radius 1 is 1.50 bits per heavy atom. The lowest BCUT2D eigenvalue weighted by Gasteiger charge is -2.26. The van der Waals surface area contributed by atoms with Crippen LogP contribution in [0.5, 0.6) is 0 Å². The zero-order valence-electron chi connectivity index (χ0n) is 8.56. The van der Waals surface area contributed by atoms with Crippen molar-refractivity contribution in [3.8, 4) is 0 Å². The summed E-state index contributed by atoms with van der Waals surface area (Å²) in [6.45, 7) is 1.83. The van der Waals surface area contributed by atoms with Gasteiger partial charge in [-0.1, -0.05) is 0 Å². The summed E-state index contributed by atoms with van der Waals surface area (Å²) in [5, 5.41) is 3.18. The van der Waals surface area contributed by atoms with Gasteiger partial charge in [-0.2, -0.15) is 0 Å². The Morgan fingerprint density at radius 3 is 2.50 bits per heavy atom. The highest BCUT2D eigenvalue weighted by Gasteiger charge is 2.20. The Bertz CT molecular complexity index is 207. The minimum absolute atomic E-state index is 0.169. The molecule has 5 nitrogen and oxygen atoms in total. The molecule has 0 fully saturated rings. The lowest BCUT2D eigenvalue weighted by Crippen LogP contribution is -2.44. The van der Waals surface area contributed by atoms with Crippen LogP contribution in [0.1, 0.15) is 20.3 Å². The molecule has 0 aliphatic rings. The van der Waals surface area contributed by atoms with Crippen molar-refractivity contribution in [2.75, 3.05) is 19.7 Å². The molecule has 86 valence electrons. The van der Waals surface area contributed by atoms with E-state index in [1.165, 1.54) is 0 Å². The van der Waals surface area contributed by atoms with Crippen molar-refractivity contribution in [1.82, 2.24) is 5.32 Å². The summed E-state index contributed by atoms with van der Waals surface area (Å²) in [5.41, 5.74) is 5.01. The lowest BCUT2D eigenvalue weighted by atomic mass is 10.1. The molecule has 0 saturated heterocycles. The highest BCUT2D eigenvalue weighted by molar-refractivity contribution is 8.06. The fourth-order valence-electron chi connectivity index (χ4n) is 0.825. The van der Waals surface area contributed by atoms with Gasteiger partial charge in [0.25, 0.3) is 0 Å². The highest BCUT2D eigenvalue weighted by Crippen LogP contribution is 2.37. The third kappa shape index (κ3) is 9.02. The van der Waals surface area contributed by atoms with Crippen LogP contribution < -0.4 is 11.1 Å². The maximum absolute atomic E-state index is 8.86. The van der Waals surface area contributed by atoms with Gasteiger partial charge in [0.1, 0.15) is 0 Å². The van der Waals surface area contributed by atoms with Gasteiger partial charge in [-0.25, -0.2) is 0 Å². The van der Waals surface area contributed by atoms with Crippen molar-refractivity contribution >= 4 is 18.5 Å². The van der Waals surface area contributed by atoms with E-state index in [0.717, 1.165) is 13.0 Å². The van der Waals surface area contributed by atoms with Gasteiger partial charge in [0.2, 0.25) is 0 Å². The summed E-state index contributed by atoms with van der Waals surface area (Å²) >= 11 is 4.34. The summed E-state index contributed by atoms with van der Waals surface area (Å²) in [6, 6.07) is 0. The molecule has 0 radical (unpaired) electrons. The molecule has 7 heteroatoms. The maximum atomic E-state index is 8.86. The molecule has 0 unspecified atom stereocenters. The van der Waals surface area contributed by atoms with E-state index in [2.05, 4.69) is 17.1 Å². The van der Waals surface area contributed by atoms with Crippen LogP contribution in [-0.4, -0.2) is 35.0 Å². The maximum Gasteiger partial charge on any atom is 0.321 e. The van der Waals surface area contributed by atoms with Gasteiger partial charge in [0.05, 0.1) is 6.61 Å². The minimum Gasteiger partial charge on any atom is -0.330 e. The van der Waals surface area contributed by atoms with Crippen molar-refractivity contribution in [1.29, 1.82) is 0 Å². The van der Waals surface area contributed by atoms with Crippen LogP contribution >= 0.6 is 6.72 Å². The SMILES string of the molecule is CC(C)(COP(O)(O)=S)NCCCN. The molecule has 0 heterocycles. The molecule has 0 aliphatic heterocycles. The van der Waals surface area contributed by atoms with Gasteiger partial charge >= 0.3 is 6.72 Å². The topological polar surface area (TPSA) is 87.7 Å². The second-order valence-corrected chi connectivity index (χ2v) is 6.38. The number of nitrogens with two attached hydrogens (primary N) is 1. The molecule has 0 aromatic carbocycles. The highest BCUT2D eigenvalue weighted by atomic mass is 32.5. The average Bonchev–Trinajstić information content (AvgIpc) is 2.00. The fraction of sp³-hybridized carbons (Fsp3) is 1.00. The monoisotopic (exact) mass is 242 g/mol. The summed E-state index contributed by atoms with van der Waals surface area (Å²) in [4.78, 5) is 17.7. The zero-order valence-corrected chi connectivity index (χ0v) is 10.3. The van der Waals surface area contributed by atoms with Gasteiger partial charge in [-0.3, -0.25) is 0 Å². The van der Waals surface area contributed by atoms with Gasteiger partial charge in [0.15, 0.2) is 0 Å². The predicted octanol–water partition coefficient (Wildman–Crippen LogP) is -0.0709. The predicted molar refractivity (Wildman–Crippen MR) is 60.4 cm³/mol. The largest absolute Gasteiger partial charge is 0.330 e. The number of hydrogen-bond donors (Lipinski definition) is 4. The van der Waals surface area contributed by atoms with E-state index in [0.29, 0.717) is 6.54 Å². The fourth-order valence-corrected chi connectivity index (χ4v) is 1.47. The van der Waals surface area contributed by atoms with Crippen molar-refractivity contribution in [3.05, 3.63) is 0 Å². The molecule has 0 aromatic rings. The molecule has 0 aliphatic carbocycles. The van der Waals surface area contributed by atoms with E-state index in [9.17, 15) is 0 Å². The normalized spacial score (nSPS) is 13.2. The Labute approximate surface area is 89.9 Å². The Balaban J connectivity index is 3.77. The first kappa shape index (κ1) is 14.5. The van der Waals surface area contributed by atoms with Crippen LogP contribution in [0.25, 0.3) is 0 Å². The lowest BCUT2D eigenvalue weighted by molar-refractivity contribution is 0.180. The molecule has 5 N–H and O–H groups in total. The Kier molecular flexibility index (Phi) is 6.32. The molecule has 0 rings (SSSR count). The minimum atomic E-state index is -3.53. The van der Waals surface area contributed by atoms with E-state index < -0.39 is 6.72 Å². The smallest absolute Gasteiger partial charge is 0.321 e. The molecular weight excluding hydrogens is 223 g/mol. The van der Waals surface area contributed by atoms with E-state index in [1.807, 2.05) is 13.8 Å². The van der Waals surface area contributed by atoms with Gasteiger partial charge in [0, 0.05) is 5.54 Å². The Hall–Kier alpha value is 0.450. The average molecular weight is 242 g/mol. The summed E-state index contributed by atoms with van der Waals surface area (Å²) in [7, 11) is 0. The van der Waals surface area contributed by atoms with Crippen LogP contribution in [0.15, 0.2) is 0 Å². The van der Waals surface area contributed by atoms with Crippen molar-refractivity contribution in [2.45, 2.75) is 25.8 Å². The van der Waals surface area contributed by atoms with E-state index in [4.69, 9.17) is 20.0 Å². The van der Waals surface area contributed by atoms with Crippen molar-refractivity contribution in [2.24, 2.45) is 5.73 Å². The second-order valence-electron chi connectivity index (χ2n) is 3.72. The van der Waals surface area contributed by atoms with Gasteiger partial charge in [-0.15, -0.1) is 0 Å². The van der Waals surface area contributed by atoms with E-state index >= 15 is 0 Å². The molecule has 0 amide bonds. The first-order valence-electron chi connectivity index (χ1n) is 4.42. The van der Waals surface area contributed by atoms with Crippen LogP contribution in [0.2, 0.25) is 0 Å². The first-order chi connectivity index (χ1) is 6.27. The molecule has 14 heavy (non-hydrogen) atoms. The third-order valence-corrected chi connectivity index (χ3v) is 2.36. The van der Waals surface area contributed by atoms with E-state index in [-0.39, 0.29) is 12.1 Å². The number of rotatable bonds is 7. The molecular formula is C7H19N2O3PS. The van der Waals surface area contributed by atoms with Crippen molar-refractivity contribution < 1.29 is 14.3 Å². The molecule has 0 spiro atoms. The quantitative estimate of drug-likeness (QED) is 0.369. The van der Waals surface area contributed by atoms with Crippen molar-refractivity contribution in [3.63, 3.8) is 0 Å². The number of hydrogen-bond acceptors (Lipinski definition) is 4.